The number of hydrogen-bond donors (Lipinski definition) is 1. The van der Waals surface area contributed by atoms with Crippen molar-refractivity contribution in [2.75, 3.05) is 13.2 Å². The fourth-order valence-electron chi connectivity index (χ4n) is 1.60. The molecule has 6 heteroatoms. The van der Waals surface area contributed by atoms with Gasteiger partial charge in [0.05, 0.1) is 12.3 Å². The van der Waals surface area contributed by atoms with E-state index < -0.39 is 11.5 Å². The first-order chi connectivity index (χ1) is 8.98. The Morgan fingerprint density at radius 2 is 2.26 bits per heavy atom. The Hall–Kier alpha value is -1.98. The van der Waals surface area contributed by atoms with E-state index in [0.29, 0.717) is 19.6 Å². The van der Waals surface area contributed by atoms with Crippen LogP contribution in [0.1, 0.15) is 26.7 Å². The number of rotatable bonds is 7. The smallest absolute Gasteiger partial charge is 0.330 e. The molecule has 1 N–H and O–H groups in total. The summed E-state index contributed by atoms with van der Waals surface area (Å²) >= 11 is 0. The highest BCUT2D eigenvalue weighted by molar-refractivity contribution is 5.88. The number of allylic oxidation sites excluding steroid dienone is 1. The molecular weight excluding hydrogens is 246 g/mol. The van der Waals surface area contributed by atoms with E-state index >= 15 is 0 Å². The molecule has 1 heterocycles. The van der Waals surface area contributed by atoms with Crippen LogP contribution in [0.5, 0.6) is 0 Å². The number of unbranched alkanes of at least 4 members (excludes halogenated alkanes) is 1. The van der Waals surface area contributed by atoms with E-state index in [9.17, 15) is 9.59 Å². The van der Waals surface area contributed by atoms with Crippen molar-refractivity contribution in [3.63, 3.8) is 0 Å². The maximum atomic E-state index is 11.9. The Morgan fingerprint density at radius 3 is 2.84 bits per heavy atom. The molecule has 0 radical (unpaired) electrons. The van der Waals surface area contributed by atoms with Gasteiger partial charge in [0.1, 0.15) is 0 Å². The van der Waals surface area contributed by atoms with Crippen molar-refractivity contribution in [2.45, 2.75) is 32.2 Å². The fraction of sp³-hybridized carbons (Fsp3) is 0.538. The minimum absolute atomic E-state index is 0.170. The maximum Gasteiger partial charge on any atom is 0.330 e. The van der Waals surface area contributed by atoms with Gasteiger partial charge in [-0.2, -0.15) is 10.2 Å². The largest absolute Gasteiger partial charge is 0.463 e. The third kappa shape index (κ3) is 4.65. The number of hydrogen-bond acceptors (Lipinski definition) is 5. The van der Waals surface area contributed by atoms with Crippen molar-refractivity contribution in [3.8, 4) is 0 Å². The van der Waals surface area contributed by atoms with Gasteiger partial charge in [-0.05, 0) is 32.8 Å². The van der Waals surface area contributed by atoms with Gasteiger partial charge in [0.2, 0.25) is 0 Å². The Balaban J connectivity index is 2.17. The summed E-state index contributed by atoms with van der Waals surface area (Å²) in [4.78, 5) is 22.7. The highest BCUT2D eigenvalue weighted by Gasteiger charge is 2.33. The lowest BCUT2D eigenvalue weighted by Crippen LogP contribution is -2.41. The monoisotopic (exact) mass is 265 g/mol. The molecule has 0 aliphatic carbocycles. The number of nitrogens with zero attached hydrogens (tertiary/aromatic N) is 2. The molecule has 1 rings (SSSR count). The van der Waals surface area contributed by atoms with Crippen molar-refractivity contribution in [3.05, 3.63) is 24.4 Å². The van der Waals surface area contributed by atoms with E-state index in [1.807, 2.05) is 0 Å². The predicted octanol–water partition coefficient (Wildman–Crippen LogP) is 1.74. The van der Waals surface area contributed by atoms with Crippen molar-refractivity contribution in [2.24, 2.45) is 10.2 Å². The topological polar surface area (TPSA) is 80.1 Å². The third-order valence-electron chi connectivity index (χ3n) is 2.63. The van der Waals surface area contributed by atoms with E-state index in [1.165, 1.54) is 0 Å². The summed E-state index contributed by atoms with van der Waals surface area (Å²) in [5.41, 5.74) is -0.145. The summed E-state index contributed by atoms with van der Waals surface area (Å²) in [6.45, 7) is 7.66. The molecule has 1 aliphatic rings. The number of nitrogens with one attached hydrogen (secondary N) is 1. The van der Waals surface area contributed by atoms with E-state index in [2.05, 4.69) is 22.1 Å². The van der Waals surface area contributed by atoms with Gasteiger partial charge < -0.3 is 10.1 Å². The predicted molar refractivity (Wildman–Crippen MR) is 70.4 cm³/mol. The van der Waals surface area contributed by atoms with Gasteiger partial charge in [0.25, 0.3) is 5.91 Å². The summed E-state index contributed by atoms with van der Waals surface area (Å²) in [5.74, 6) is -0.597. The van der Waals surface area contributed by atoms with Crippen LogP contribution < -0.4 is 5.32 Å². The standard InChI is InChI=1S/C13H19N3O3/c1-4-11(17)19-8-6-5-7-14-12(18)13(3)9-10(2)15-16-13/h4,9H,1,5-8H2,2-3H3,(H,14,18). The van der Waals surface area contributed by atoms with Crippen LogP contribution in [0.2, 0.25) is 0 Å². The lowest BCUT2D eigenvalue weighted by atomic mass is 10.0. The van der Waals surface area contributed by atoms with Crippen LogP contribution in [0, 0.1) is 0 Å². The van der Waals surface area contributed by atoms with Crippen LogP contribution in [0.4, 0.5) is 0 Å². The number of amides is 1. The highest BCUT2D eigenvalue weighted by atomic mass is 16.5. The van der Waals surface area contributed by atoms with Gasteiger partial charge >= 0.3 is 5.97 Å². The zero-order valence-corrected chi connectivity index (χ0v) is 11.3. The minimum atomic E-state index is -0.889. The van der Waals surface area contributed by atoms with Gasteiger partial charge in [-0.1, -0.05) is 6.58 Å². The van der Waals surface area contributed by atoms with Crippen LogP contribution in [0.15, 0.2) is 34.7 Å². The zero-order chi connectivity index (χ0) is 14.3. The average molecular weight is 265 g/mol. The molecule has 0 bridgehead atoms. The molecule has 0 spiro atoms. The molecule has 1 atom stereocenters. The molecule has 19 heavy (non-hydrogen) atoms. The molecule has 0 saturated carbocycles. The molecule has 0 saturated heterocycles. The number of esters is 1. The molecule has 0 fully saturated rings. The Labute approximate surface area is 112 Å². The van der Waals surface area contributed by atoms with Gasteiger partial charge in [0.15, 0.2) is 5.54 Å². The molecule has 0 aromatic heterocycles. The zero-order valence-electron chi connectivity index (χ0n) is 11.3. The van der Waals surface area contributed by atoms with Crippen molar-refractivity contribution < 1.29 is 14.3 Å². The molecular formula is C13H19N3O3. The van der Waals surface area contributed by atoms with E-state index in [-0.39, 0.29) is 5.91 Å². The van der Waals surface area contributed by atoms with Crippen molar-refractivity contribution in [1.29, 1.82) is 0 Å². The van der Waals surface area contributed by atoms with Crippen LogP contribution in [0.25, 0.3) is 0 Å². The Bertz CT molecular complexity index is 429. The summed E-state index contributed by atoms with van der Waals surface area (Å²) in [5, 5.41) is 10.6. The number of carbonyl (C=O) groups excluding carboxylic acids is 2. The second-order valence-electron chi connectivity index (χ2n) is 4.47. The van der Waals surface area contributed by atoms with Crippen LogP contribution in [0.3, 0.4) is 0 Å². The number of ether oxygens (including phenoxy) is 1. The molecule has 1 aliphatic heterocycles. The summed E-state index contributed by atoms with van der Waals surface area (Å²) < 4.78 is 4.82. The fourth-order valence-corrected chi connectivity index (χ4v) is 1.60. The summed E-state index contributed by atoms with van der Waals surface area (Å²) in [6, 6.07) is 0. The minimum Gasteiger partial charge on any atom is -0.463 e. The molecule has 6 nitrogen and oxygen atoms in total. The molecule has 1 unspecified atom stereocenters. The van der Waals surface area contributed by atoms with Crippen LogP contribution in [-0.4, -0.2) is 30.6 Å². The number of azo groups is 1. The quantitative estimate of drug-likeness (QED) is 0.432. The molecule has 0 aromatic rings. The van der Waals surface area contributed by atoms with Gasteiger partial charge in [-0.15, -0.1) is 0 Å². The lowest BCUT2D eigenvalue weighted by Gasteiger charge is -2.15. The first kappa shape index (κ1) is 15.1. The second-order valence-corrected chi connectivity index (χ2v) is 4.47. The lowest BCUT2D eigenvalue weighted by molar-refractivity contribution is -0.137. The van der Waals surface area contributed by atoms with E-state index in [1.54, 1.807) is 19.9 Å². The van der Waals surface area contributed by atoms with Gasteiger partial charge in [0, 0.05) is 12.6 Å². The average Bonchev–Trinajstić information content (AvgIpc) is 2.74. The van der Waals surface area contributed by atoms with E-state index in [4.69, 9.17) is 4.74 Å². The van der Waals surface area contributed by atoms with E-state index in [0.717, 1.165) is 18.2 Å². The first-order valence-corrected chi connectivity index (χ1v) is 6.18. The van der Waals surface area contributed by atoms with Gasteiger partial charge in [-0.25, -0.2) is 4.79 Å². The number of carbonyl (C=O) groups is 2. The van der Waals surface area contributed by atoms with Crippen molar-refractivity contribution in [1.82, 2.24) is 5.32 Å². The second kappa shape index (κ2) is 6.82. The SMILES string of the molecule is C=CC(=O)OCCCCNC(=O)C1(C)C=C(C)N=N1. The van der Waals surface area contributed by atoms with Crippen LogP contribution in [-0.2, 0) is 14.3 Å². The van der Waals surface area contributed by atoms with Crippen molar-refractivity contribution >= 4 is 11.9 Å². The summed E-state index contributed by atoms with van der Waals surface area (Å²) in [6.07, 6.45) is 4.27. The molecule has 1 amide bonds. The highest BCUT2D eigenvalue weighted by Crippen LogP contribution is 2.23. The Morgan fingerprint density at radius 1 is 1.53 bits per heavy atom. The molecule has 0 aromatic carbocycles. The third-order valence-corrected chi connectivity index (χ3v) is 2.63. The molecule has 104 valence electrons. The maximum absolute atomic E-state index is 11.9. The Kier molecular flexibility index (Phi) is 5.41. The normalized spacial score (nSPS) is 20.8. The first-order valence-electron chi connectivity index (χ1n) is 6.18. The van der Waals surface area contributed by atoms with Gasteiger partial charge in [-0.3, -0.25) is 4.79 Å². The van der Waals surface area contributed by atoms with Crippen LogP contribution >= 0.6 is 0 Å². The summed E-state index contributed by atoms with van der Waals surface area (Å²) in [7, 11) is 0.